The van der Waals surface area contributed by atoms with Gasteiger partial charge in [-0.1, -0.05) is 0 Å². The number of nitrogens with one attached hydrogen (secondary N) is 2. The van der Waals surface area contributed by atoms with Gasteiger partial charge < -0.3 is 25.2 Å². The van der Waals surface area contributed by atoms with Crippen molar-refractivity contribution in [2.45, 2.75) is 12.1 Å². The fourth-order valence-electron chi connectivity index (χ4n) is 2.73. The van der Waals surface area contributed by atoms with E-state index in [1.807, 2.05) is 9.80 Å². The molecule has 18 heavy (non-hydrogen) atoms. The number of hydrogen-bond acceptors (Lipinski definition) is 4. The summed E-state index contributed by atoms with van der Waals surface area (Å²) in [6.07, 6.45) is -0.365. The average molecular weight is 254 g/mol. The van der Waals surface area contributed by atoms with Gasteiger partial charge in [-0.15, -0.1) is 0 Å². The van der Waals surface area contributed by atoms with Crippen LogP contribution in [0.5, 0.6) is 0 Å². The molecule has 3 heterocycles. The van der Waals surface area contributed by atoms with Crippen LogP contribution in [0.25, 0.3) is 0 Å². The van der Waals surface area contributed by atoms with E-state index in [9.17, 15) is 9.59 Å². The molecule has 7 heteroatoms. The summed E-state index contributed by atoms with van der Waals surface area (Å²) in [5.41, 5.74) is 0. The third-order valence-corrected chi connectivity index (χ3v) is 3.75. The standard InChI is InChI=1S/C11H18N4O3/c16-10(9-6-12-1-4-18-9)14-2-3-15-8(7-14)5-13-11(15)17/h8-9,12H,1-7H2,(H,13,17). The Morgan fingerprint density at radius 1 is 1.33 bits per heavy atom. The van der Waals surface area contributed by atoms with E-state index in [0.29, 0.717) is 39.3 Å². The number of morpholine rings is 1. The molecule has 3 aliphatic rings. The van der Waals surface area contributed by atoms with Crippen LogP contribution >= 0.6 is 0 Å². The highest BCUT2D eigenvalue weighted by Gasteiger charge is 2.38. The molecule has 0 radical (unpaired) electrons. The van der Waals surface area contributed by atoms with Gasteiger partial charge in [-0.2, -0.15) is 0 Å². The lowest BCUT2D eigenvalue weighted by molar-refractivity contribution is -0.147. The topological polar surface area (TPSA) is 73.9 Å². The maximum atomic E-state index is 12.3. The molecular weight excluding hydrogens is 236 g/mol. The van der Waals surface area contributed by atoms with Crippen LogP contribution in [0.1, 0.15) is 0 Å². The Morgan fingerprint density at radius 3 is 3.00 bits per heavy atom. The number of fused-ring (bicyclic) bond motifs is 1. The predicted octanol–water partition coefficient (Wildman–Crippen LogP) is -1.79. The van der Waals surface area contributed by atoms with Gasteiger partial charge in [0.1, 0.15) is 6.10 Å². The number of amides is 3. The Balaban J connectivity index is 1.60. The number of carbonyl (C=O) groups is 2. The zero-order valence-electron chi connectivity index (χ0n) is 10.2. The third-order valence-electron chi connectivity index (χ3n) is 3.75. The molecule has 3 amide bonds. The Morgan fingerprint density at radius 2 is 2.22 bits per heavy atom. The summed E-state index contributed by atoms with van der Waals surface area (Å²) in [6.45, 7) is 4.42. The Kier molecular flexibility index (Phi) is 3.09. The van der Waals surface area contributed by atoms with E-state index in [2.05, 4.69) is 10.6 Å². The molecule has 0 bridgehead atoms. The maximum Gasteiger partial charge on any atom is 0.317 e. The number of nitrogens with zero attached hydrogens (tertiary/aromatic N) is 2. The van der Waals surface area contributed by atoms with Gasteiger partial charge in [0.05, 0.1) is 12.6 Å². The fraction of sp³-hybridized carbons (Fsp3) is 0.818. The molecule has 3 rings (SSSR count). The first-order chi connectivity index (χ1) is 8.75. The molecule has 0 aromatic heterocycles. The lowest BCUT2D eigenvalue weighted by atomic mass is 10.1. The van der Waals surface area contributed by atoms with Crippen molar-refractivity contribution in [2.75, 3.05) is 45.9 Å². The summed E-state index contributed by atoms with van der Waals surface area (Å²) < 4.78 is 5.48. The molecule has 0 aromatic carbocycles. The minimum absolute atomic E-state index is 0.0114. The summed E-state index contributed by atoms with van der Waals surface area (Å²) in [7, 11) is 0. The highest BCUT2D eigenvalue weighted by Crippen LogP contribution is 2.15. The highest BCUT2D eigenvalue weighted by atomic mass is 16.5. The molecule has 3 fully saturated rings. The minimum atomic E-state index is -0.365. The second-order valence-corrected chi connectivity index (χ2v) is 4.88. The molecule has 0 spiro atoms. The van der Waals surface area contributed by atoms with Crippen molar-refractivity contribution in [3.05, 3.63) is 0 Å². The Hall–Kier alpha value is -1.34. The summed E-state index contributed by atoms with van der Waals surface area (Å²) in [5, 5.41) is 5.96. The zero-order chi connectivity index (χ0) is 12.5. The van der Waals surface area contributed by atoms with Crippen molar-refractivity contribution in [1.82, 2.24) is 20.4 Å². The van der Waals surface area contributed by atoms with E-state index in [0.717, 1.165) is 6.54 Å². The quantitative estimate of drug-likeness (QED) is 0.580. The van der Waals surface area contributed by atoms with Gasteiger partial charge in [-0.05, 0) is 0 Å². The predicted molar refractivity (Wildman–Crippen MR) is 63.1 cm³/mol. The van der Waals surface area contributed by atoms with E-state index in [4.69, 9.17) is 4.74 Å². The SMILES string of the molecule is O=C(C1CNCCO1)N1CCN2C(=O)NCC2C1. The van der Waals surface area contributed by atoms with Crippen LogP contribution in [0.2, 0.25) is 0 Å². The fourth-order valence-corrected chi connectivity index (χ4v) is 2.73. The Labute approximate surface area is 105 Å². The number of carbonyl (C=O) groups excluding carboxylic acids is 2. The zero-order valence-corrected chi connectivity index (χ0v) is 10.2. The molecule has 2 atom stereocenters. The maximum absolute atomic E-state index is 12.3. The van der Waals surface area contributed by atoms with Gasteiger partial charge >= 0.3 is 6.03 Å². The molecule has 3 saturated heterocycles. The van der Waals surface area contributed by atoms with Crippen molar-refractivity contribution < 1.29 is 14.3 Å². The normalized spacial score (nSPS) is 32.1. The molecule has 3 aliphatic heterocycles. The van der Waals surface area contributed by atoms with Crippen LogP contribution in [0.4, 0.5) is 4.79 Å². The number of piperazine rings is 1. The summed E-state index contributed by atoms with van der Waals surface area (Å²) in [4.78, 5) is 27.4. The molecule has 2 unspecified atom stereocenters. The number of ether oxygens (including phenoxy) is 1. The monoisotopic (exact) mass is 254 g/mol. The largest absolute Gasteiger partial charge is 0.366 e. The van der Waals surface area contributed by atoms with Crippen LogP contribution in [0.15, 0.2) is 0 Å². The van der Waals surface area contributed by atoms with E-state index in [1.54, 1.807) is 0 Å². The van der Waals surface area contributed by atoms with Crippen LogP contribution < -0.4 is 10.6 Å². The Bertz CT molecular complexity index is 356. The van der Waals surface area contributed by atoms with Gasteiger partial charge in [0.25, 0.3) is 5.91 Å². The molecule has 0 aromatic rings. The molecule has 100 valence electrons. The van der Waals surface area contributed by atoms with Crippen LogP contribution in [-0.4, -0.2) is 79.8 Å². The van der Waals surface area contributed by atoms with Crippen molar-refractivity contribution in [3.63, 3.8) is 0 Å². The van der Waals surface area contributed by atoms with Gasteiger partial charge in [-0.3, -0.25) is 4.79 Å². The van der Waals surface area contributed by atoms with Crippen molar-refractivity contribution >= 4 is 11.9 Å². The van der Waals surface area contributed by atoms with Gasteiger partial charge in [-0.25, -0.2) is 4.79 Å². The first kappa shape index (κ1) is 11.7. The summed E-state index contributed by atoms with van der Waals surface area (Å²) in [5.74, 6) is 0.0428. The second-order valence-electron chi connectivity index (χ2n) is 4.88. The first-order valence-electron chi connectivity index (χ1n) is 6.41. The summed E-state index contributed by atoms with van der Waals surface area (Å²) >= 11 is 0. The lowest BCUT2D eigenvalue weighted by Crippen LogP contribution is -2.58. The number of urea groups is 1. The van der Waals surface area contributed by atoms with E-state index >= 15 is 0 Å². The summed E-state index contributed by atoms with van der Waals surface area (Å²) in [6, 6.07) is 0.106. The molecule has 7 nitrogen and oxygen atoms in total. The third kappa shape index (κ3) is 2.04. The van der Waals surface area contributed by atoms with Crippen molar-refractivity contribution in [2.24, 2.45) is 0 Å². The van der Waals surface area contributed by atoms with Crippen LogP contribution in [0.3, 0.4) is 0 Å². The van der Waals surface area contributed by atoms with Crippen molar-refractivity contribution in [3.8, 4) is 0 Å². The smallest absolute Gasteiger partial charge is 0.317 e. The second kappa shape index (κ2) is 4.74. The highest BCUT2D eigenvalue weighted by molar-refractivity contribution is 5.82. The number of rotatable bonds is 1. The molecule has 0 aliphatic carbocycles. The van der Waals surface area contributed by atoms with Crippen LogP contribution in [0, 0.1) is 0 Å². The number of hydrogen-bond donors (Lipinski definition) is 2. The van der Waals surface area contributed by atoms with E-state index in [-0.39, 0.29) is 24.1 Å². The molecular formula is C11H18N4O3. The minimum Gasteiger partial charge on any atom is -0.366 e. The first-order valence-corrected chi connectivity index (χ1v) is 6.41. The van der Waals surface area contributed by atoms with E-state index < -0.39 is 0 Å². The lowest BCUT2D eigenvalue weighted by Gasteiger charge is -2.38. The van der Waals surface area contributed by atoms with Crippen molar-refractivity contribution in [1.29, 1.82) is 0 Å². The molecule has 0 saturated carbocycles. The average Bonchev–Trinajstić information content (AvgIpc) is 2.80. The van der Waals surface area contributed by atoms with E-state index in [1.165, 1.54) is 0 Å². The van der Waals surface area contributed by atoms with Gasteiger partial charge in [0.2, 0.25) is 0 Å². The van der Waals surface area contributed by atoms with Gasteiger partial charge in [0, 0.05) is 39.3 Å². The van der Waals surface area contributed by atoms with Crippen LogP contribution in [-0.2, 0) is 9.53 Å². The molecule has 2 N–H and O–H groups in total. The van der Waals surface area contributed by atoms with Gasteiger partial charge in [0.15, 0.2) is 0 Å².